The van der Waals surface area contributed by atoms with Gasteiger partial charge in [0.2, 0.25) is 0 Å². The molecule has 0 saturated heterocycles. The molecule has 0 unspecified atom stereocenters. The van der Waals surface area contributed by atoms with Crippen molar-refractivity contribution in [1.82, 2.24) is 19.7 Å². The Morgan fingerprint density at radius 3 is 2.56 bits per heavy atom. The molecule has 3 aromatic rings. The minimum atomic E-state index is -0.318. The Morgan fingerprint density at radius 2 is 1.89 bits per heavy atom. The molecular formula is C21H23FN4O. The van der Waals surface area contributed by atoms with Gasteiger partial charge in [-0.15, -0.1) is 0 Å². The molecule has 2 aromatic heterocycles. The van der Waals surface area contributed by atoms with Crippen molar-refractivity contribution in [2.45, 2.75) is 38.1 Å². The first-order valence-corrected chi connectivity index (χ1v) is 9.40. The maximum absolute atomic E-state index is 13.3. The largest absolute Gasteiger partial charge is 0.349 e. The minimum absolute atomic E-state index is 0.140. The van der Waals surface area contributed by atoms with Gasteiger partial charge in [0.25, 0.3) is 5.91 Å². The third-order valence-electron chi connectivity index (χ3n) is 5.16. The van der Waals surface area contributed by atoms with Gasteiger partial charge in [0.15, 0.2) is 0 Å². The zero-order valence-electron chi connectivity index (χ0n) is 15.4. The summed E-state index contributed by atoms with van der Waals surface area (Å²) in [5.41, 5.74) is 2.75. The van der Waals surface area contributed by atoms with E-state index >= 15 is 0 Å². The summed E-state index contributed by atoms with van der Waals surface area (Å²) in [6, 6.07) is 11.9. The molecule has 6 heteroatoms. The molecule has 27 heavy (non-hydrogen) atoms. The van der Waals surface area contributed by atoms with Crippen LogP contribution in [0, 0.1) is 5.82 Å². The van der Waals surface area contributed by atoms with Gasteiger partial charge in [0.05, 0.1) is 11.4 Å². The highest BCUT2D eigenvalue weighted by molar-refractivity contribution is 5.94. The van der Waals surface area contributed by atoms with Crippen molar-refractivity contribution in [1.29, 1.82) is 0 Å². The highest BCUT2D eigenvalue weighted by Crippen LogP contribution is 2.23. The molecule has 0 bridgehead atoms. The van der Waals surface area contributed by atoms with Gasteiger partial charge in [-0.1, -0.05) is 19.3 Å². The molecule has 5 nitrogen and oxygen atoms in total. The summed E-state index contributed by atoms with van der Waals surface area (Å²) in [5.74, 6) is -0.457. The number of aromatic nitrogens is 3. The molecule has 0 spiro atoms. The van der Waals surface area contributed by atoms with Gasteiger partial charge in [-0.3, -0.25) is 4.79 Å². The highest BCUT2D eigenvalue weighted by Gasteiger charge is 2.22. The van der Waals surface area contributed by atoms with Crippen molar-refractivity contribution < 1.29 is 9.18 Å². The van der Waals surface area contributed by atoms with Gasteiger partial charge in [0, 0.05) is 19.3 Å². The Hall–Kier alpha value is -2.89. The van der Waals surface area contributed by atoms with Crippen molar-refractivity contribution >= 4 is 5.91 Å². The Bertz CT molecular complexity index is 936. The maximum Gasteiger partial charge on any atom is 0.270 e. The smallest absolute Gasteiger partial charge is 0.270 e. The van der Waals surface area contributed by atoms with E-state index in [4.69, 9.17) is 0 Å². The van der Waals surface area contributed by atoms with Crippen LogP contribution in [0.5, 0.6) is 0 Å². The van der Waals surface area contributed by atoms with Gasteiger partial charge in [-0.2, -0.15) is 5.10 Å². The van der Waals surface area contributed by atoms with E-state index in [-0.39, 0.29) is 17.8 Å². The molecule has 4 rings (SSSR count). The van der Waals surface area contributed by atoms with Crippen LogP contribution in [-0.4, -0.2) is 26.3 Å². The van der Waals surface area contributed by atoms with Crippen LogP contribution >= 0.6 is 0 Å². The van der Waals surface area contributed by atoms with E-state index in [0.29, 0.717) is 17.1 Å². The normalized spacial score (nSPS) is 15.0. The second-order valence-electron chi connectivity index (χ2n) is 7.12. The zero-order chi connectivity index (χ0) is 18.8. The van der Waals surface area contributed by atoms with Crippen LogP contribution in [0.2, 0.25) is 0 Å². The van der Waals surface area contributed by atoms with Gasteiger partial charge >= 0.3 is 0 Å². The van der Waals surface area contributed by atoms with Crippen LogP contribution in [0.25, 0.3) is 17.1 Å². The Morgan fingerprint density at radius 1 is 1.15 bits per heavy atom. The van der Waals surface area contributed by atoms with E-state index in [0.717, 1.165) is 31.4 Å². The summed E-state index contributed by atoms with van der Waals surface area (Å²) in [6.07, 6.45) is 7.50. The summed E-state index contributed by atoms with van der Waals surface area (Å²) in [7, 11) is 1.94. The fourth-order valence-electron chi connectivity index (χ4n) is 3.68. The third-order valence-corrected chi connectivity index (χ3v) is 5.16. The van der Waals surface area contributed by atoms with Crippen molar-refractivity contribution in [3.8, 4) is 17.1 Å². The molecule has 0 aliphatic heterocycles. The third kappa shape index (κ3) is 3.65. The SMILES string of the molecule is Cn1cccc1-c1cc(C(=O)NC2CCCCC2)n(-c2ccc(F)cc2)n1. The molecule has 1 fully saturated rings. The van der Waals surface area contributed by atoms with Gasteiger partial charge < -0.3 is 9.88 Å². The summed E-state index contributed by atoms with van der Waals surface area (Å²) in [5, 5.41) is 7.79. The average Bonchev–Trinajstić information content (AvgIpc) is 3.29. The number of carbonyl (C=O) groups excluding carboxylic acids is 1. The first kappa shape index (κ1) is 17.5. The average molecular weight is 366 g/mol. The number of halogens is 1. The molecular weight excluding hydrogens is 343 g/mol. The molecule has 1 saturated carbocycles. The molecule has 1 aliphatic carbocycles. The number of rotatable bonds is 4. The van der Waals surface area contributed by atoms with Crippen molar-refractivity contribution in [2.24, 2.45) is 7.05 Å². The first-order valence-electron chi connectivity index (χ1n) is 9.40. The van der Waals surface area contributed by atoms with Crippen LogP contribution in [0.1, 0.15) is 42.6 Å². The van der Waals surface area contributed by atoms with Crippen LogP contribution < -0.4 is 5.32 Å². The molecule has 1 aliphatic rings. The fourth-order valence-corrected chi connectivity index (χ4v) is 3.68. The second-order valence-corrected chi connectivity index (χ2v) is 7.12. The van der Waals surface area contributed by atoms with Crippen molar-refractivity contribution in [2.75, 3.05) is 0 Å². The van der Waals surface area contributed by atoms with E-state index in [1.54, 1.807) is 22.9 Å². The molecule has 1 aromatic carbocycles. The summed E-state index contributed by atoms with van der Waals surface area (Å²) >= 11 is 0. The van der Waals surface area contributed by atoms with Crippen LogP contribution in [0.3, 0.4) is 0 Å². The topological polar surface area (TPSA) is 51.9 Å². The quantitative estimate of drug-likeness (QED) is 0.756. The Labute approximate surface area is 157 Å². The maximum atomic E-state index is 13.3. The number of aryl methyl sites for hydroxylation is 1. The molecule has 2 heterocycles. The number of amides is 1. The van der Waals surface area contributed by atoms with E-state index in [9.17, 15) is 9.18 Å². The number of hydrogen-bond acceptors (Lipinski definition) is 2. The van der Waals surface area contributed by atoms with E-state index in [1.807, 2.05) is 29.9 Å². The summed E-state index contributed by atoms with van der Waals surface area (Å²) < 4.78 is 16.9. The van der Waals surface area contributed by atoms with E-state index < -0.39 is 0 Å². The van der Waals surface area contributed by atoms with Crippen LogP contribution in [-0.2, 0) is 7.05 Å². The fraction of sp³-hybridized carbons (Fsp3) is 0.333. The van der Waals surface area contributed by atoms with E-state index in [2.05, 4.69) is 10.4 Å². The number of nitrogens with one attached hydrogen (secondary N) is 1. The molecule has 0 atom stereocenters. The first-order chi connectivity index (χ1) is 13.1. The lowest BCUT2D eigenvalue weighted by Crippen LogP contribution is -2.37. The number of hydrogen-bond donors (Lipinski definition) is 1. The van der Waals surface area contributed by atoms with E-state index in [1.165, 1.54) is 18.6 Å². The lowest BCUT2D eigenvalue weighted by atomic mass is 9.95. The number of benzene rings is 1. The van der Waals surface area contributed by atoms with Crippen molar-refractivity contribution in [3.63, 3.8) is 0 Å². The minimum Gasteiger partial charge on any atom is -0.349 e. The summed E-state index contributed by atoms with van der Waals surface area (Å²) in [6.45, 7) is 0. The molecule has 1 amide bonds. The van der Waals surface area contributed by atoms with Crippen LogP contribution in [0.4, 0.5) is 4.39 Å². The second kappa shape index (κ2) is 7.39. The molecule has 1 N–H and O–H groups in total. The van der Waals surface area contributed by atoms with Gasteiger partial charge in [0.1, 0.15) is 17.2 Å². The lowest BCUT2D eigenvalue weighted by molar-refractivity contribution is 0.0920. The highest BCUT2D eigenvalue weighted by atomic mass is 19.1. The predicted molar refractivity (Wildman–Crippen MR) is 102 cm³/mol. The number of carbonyl (C=O) groups is 1. The van der Waals surface area contributed by atoms with Gasteiger partial charge in [-0.05, 0) is 55.3 Å². The predicted octanol–water partition coefficient (Wildman–Crippen LogP) is 4.08. The number of nitrogens with zero attached hydrogens (tertiary/aromatic N) is 3. The Balaban J connectivity index is 1.71. The molecule has 0 radical (unpaired) electrons. The monoisotopic (exact) mass is 366 g/mol. The van der Waals surface area contributed by atoms with Gasteiger partial charge in [-0.25, -0.2) is 9.07 Å². The van der Waals surface area contributed by atoms with Crippen LogP contribution in [0.15, 0.2) is 48.7 Å². The zero-order valence-corrected chi connectivity index (χ0v) is 15.4. The summed E-state index contributed by atoms with van der Waals surface area (Å²) in [4.78, 5) is 13.0. The lowest BCUT2D eigenvalue weighted by Gasteiger charge is -2.22. The Kier molecular flexibility index (Phi) is 4.79. The van der Waals surface area contributed by atoms with Crippen molar-refractivity contribution in [3.05, 3.63) is 60.2 Å². The standard InChI is InChI=1S/C21H23FN4O/c1-25-13-5-8-19(25)18-14-20(21(27)23-16-6-3-2-4-7-16)26(24-18)17-11-9-15(22)10-12-17/h5,8-14,16H,2-4,6-7H2,1H3,(H,23,27). The molecule has 140 valence electrons.